The van der Waals surface area contributed by atoms with Crippen molar-refractivity contribution in [1.82, 2.24) is 4.90 Å². The number of aliphatic hydroxyl groups is 1. The van der Waals surface area contributed by atoms with Gasteiger partial charge in [0.25, 0.3) is 0 Å². The van der Waals surface area contributed by atoms with Gasteiger partial charge in [0.1, 0.15) is 0 Å². The first kappa shape index (κ1) is 16.3. The molecule has 0 aromatic heterocycles. The van der Waals surface area contributed by atoms with Crippen molar-refractivity contribution < 1.29 is 5.11 Å². The lowest BCUT2D eigenvalue weighted by molar-refractivity contribution is 0.172. The minimum absolute atomic E-state index is 0.267. The van der Waals surface area contributed by atoms with Crippen molar-refractivity contribution in [2.75, 3.05) is 31.6 Å². The molecule has 2 atom stereocenters. The maximum absolute atomic E-state index is 8.94. The minimum Gasteiger partial charge on any atom is -0.396 e. The molecule has 2 rings (SSSR count). The largest absolute Gasteiger partial charge is 0.396 e. The molecule has 1 aliphatic heterocycles. The summed E-state index contributed by atoms with van der Waals surface area (Å²) in [4.78, 5) is 2.56. The molecule has 0 aliphatic carbocycles. The summed E-state index contributed by atoms with van der Waals surface area (Å²) < 4.78 is 0. The number of nitrogens with zero attached hydrogens (tertiary/aromatic N) is 1. The van der Waals surface area contributed by atoms with Crippen LogP contribution in [0.2, 0.25) is 0 Å². The van der Waals surface area contributed by atoms with Crippen molar-refractivity contribution in [3.63, 3.8) is 0 Å². The molecular formula is C18H30N2O. The Balaban J connectivity index is 1.90. The van der Waals surface area contributed by atoms with Crippen molar-refractivity contribution in [2.45, 2.75) is 45.6 Å². The van der Waals surface area contributed by atoms with E-state index >= 15 is 0 Å². The molecule has 3 nitrogen and oxygen atoms in total. The number of aryl methyl sites for hydroxylation is 1. The SMILES string of the molecule is CCN1CCCC(C(C)Nc2cccc(CCCO)c2)C1. The van der Waals surface area contributed by atoms with Gasteiger partial charge in [-0.15, -0.1) is 0 Å². The van der Waals surface area contributed by atoms with E-state index in [4.69, 9.17) is 5.11 Å². The molecule has 0 amide bonds. The van der Waals surface area contributed by atoms with Crippen LogP contribution in [-0.4, -0.2) is 42.3 Å². The summed E-state index contributed by atoms with van der Waals surface area (Å²) in [5.41, 5.74) is 2.52. The molecule has 118 valence electrons. The number of hydrogen-bond acceptors (Lipinski definition) is 3. The van der Waals surface area contributed by atoms with E-state index in [0.717, 1.165) is 18.8 Å². The Morgan fingerprint density at radius 3 is 3.05 bits per heavy atom. The van der Waals surface area contributed by atoms with E-state index in [2.05, 4.69) is 48.3 Å². The van der Waals surface area contributed by atoms with Gasteiger partial charge in [-0.05, 0) is 69.3 Å². The fourth-order valence-corrected chi connectivity index (χ4v) is 3.27. The normalized spacial score (nSPS) is 21.2. The zero-order chi connectivity index (χ0) is 15.1. The van der Waals surface area contributed by atoms with E-state index in [1.807, 2.05) is 0 Å². The number of aliphatic hydroxyl groups excluding tert-OH is 1. The summed E-state index contributed by atoms with van der Waals surface area (Å²) in [5, 5.41) is 12.6. The molecule has 0 radical (unpaired) electrons. The molecule has 21 heavy (non-hydrogen) atoms. The average Bonchev–Trinajstić information content (AvgIpc) is 2.53. The highest BCUT2D eigenvalue weighted by molar-refractivity contribution is 5.46. The van der Waals surface area contributed by atoms with Gasteiger partial charge in [-0.2, -0.15) is 0 Å². The molecule has 1 heterocycles. The quantitative estimate of drug-likeness (QED) is 0.810. The van der Waals surface area contributed by atoms with Gasteiger partial charge in [-0.3, -0.25) is 0 Å². The van der Waals surface area contributed by atoms with Crippen LogP contribution in [0.4, 0.5) is 5.69 Å². The fraction of sp³-hybridized carbons (Fsp3) is 0.667. The predicted octanol–water partition coefficient (Wildman–Crippen LogP) is 3.14. The molecule has 0 spiro atoms. The lowest BCUT2D eigenvalue weighted by atomic mass is 9.91. The summed E-state index contributed by atoms with van der Waals surface area (Å²) in [6.07, 6.45) is 4.44. The lowest BCUT2D eigenvalue weighted by Gasteiger charge is -2.35. The predicted molar refractivity (Wildman–Crippen MR) is 89.8 cm³/mol. The molecule has 0 saturated carbocycles. The second-order valence-corrected chi connectivity index (χ2v) is 6.26. The Hall–Kier alpha value is -1.06. The topological polar surface area (TPSA) is 35.5 Å². The van der Waals surface area contributed by atoms with Crippen molar-refractivity contribution in [3.05, 3.63) is 29.8 Å². The third kappa shape index (κ3) is 5.01. The first-order valence-corrected chi connectivity index (χ1v) is 8.41. The Bertz CT molecular complexity index is 421. The zero-order valence-corrected chi connectivity index (χ0v) is 13.5. The molecule has 2 unspecified atom stereocenters. The van der Waals surface area contributed by atoms with E-state index in [1.165, 1.54) is 43.7 Å². The second-order valence-electron chi connectivity index (χ2n) is 6.26. The number of nitrogens with one attached hydrogen (secondary N) is 1. The molecule has 1 aromatic carbocycles. The molecular weight excluding hydrogens is 260 g/mol. The van der Waals surface area contributed by atoms with Gasteiger partial charge in [0.2, 0.25) is 0 Å². The van der Waals surface area contributed by atoms with E-state index < -0.39 is 0 Å². The van der Waals surface area contributed by atoms with Crippen LogP contribution in [-0.2, 0) is 6.42 Å². The Kier molecular flexibility index (Phi) is 6.52. The van der Waals surface area contributed by atoms with Gasteiger partial charge in [0.15, 0.2) is 0 Å². The van der Waals surface area contributed by atoms with Crippen LogP contribution < -0.4 is 5.32 Å². The third-order valence-electron chi connectivity index (χ3n) is 4.64. The smallest absolute Gasteiger partial charge is 0.0434 e. The molecule has 3 heteroatoms. The summed E-state index contributed by atoms with van der Waals surface area (Å²) in [6, 6.07) is 9.14. The van der Waals surface area contributed by atoms with Crippen LogP contribution in [0.15, 0.2) is 24.3 Å². The maximum atomic E-state index is 8.94. The summed E-state index contributed by atoms with van der Waals surface area (Å²) >= 11 is 0. The highest BCUT2D eigenvalue weighted by Gasteiger charge is 2.23. The minimum atomic E-state index is 0.267. The molecule has 1 aromatic rings. The van der Waals surface area contributed by atoms with Crippen LogP contribution in [0.5, 0.6) is 0 Å². The highest BCUT2D eigenvalue weighted by Crippen LogP contribution is 2.23. The Morgan fingerprint density at radius 2 is 2.29 bits per heavy atom. The number of likely N-dealkylation sites (tertiary alicyclic amines) is 1. The molecule has 1 saturated heterocycles. The summed E-state index contributed by atoms with van der Waals surface area (Å²) in [6.45, 7) is 8.48. The van der Waals surface area contributed by atoms with Gasteiger partial charge >= 0.3 is 0 Å². The molecule has 1 aliphatic rings. The van der Waals surface area contributed by atoms with Crippen LogP contribution in [0.3, 0.4) is 0 Å². The second kappa shape index (κ2) is 8.40. The number of anilines is 1. The number of hydrogen-bond donors (Lipinski definition) is 2. The van der Waals surface area contributed by atoms with Crippen LogP contribution in [0, 0.1) is 5.92 Å². The van der Waals surface area contributed by atoms with E-state index in [1.54, 1.807) is 0 Å². The van der Waals surface area contributed by atoms with Crippen LogP contribution in [0.1, 0.15) is 38.7 Å². The van der Waals surface area contributed by atoms with Crippen molar-refractivity contribution >= 4 is 5.69 Å². The van der Waals surface area contributed by atoms with Crippen LogP contribution in [0.25, 0.3) is 0 Å². The average molecular weight is 290 g/mol. The Morgan fingerprint density at radius 1 is 1.43 bits per heavy atom. The number of benzene rings is 1. The van der Waals surface area contributed by atoms with Gasteiger partial charge in [-0.25, -0.2) is 0 Å². The van der Waals surface area contributed by atoms with Crippen molar-refractivity contribution in [3.8, 4) is 0 Å². The Labute approximate surface area is 129 Å². The van der Waals surface area contributed by atoms with Gasteiger partial charge in [0.05, 0.1) is 0 Å². The number of piperidine rings is 1. The monoisotopic (exact) mass is 290 g/mol. The first-order valence-electron chi connectivity index (χ1n) is 8.41. The first-order chi connectivity index (χ1) is 10.2. The van der Waals surface area contributed by atoms with Gasteiger partial charge in [-0.1, -0.05) is 19.1 Å². The van der Waals surface area contributed by atoms with E-state index in [9.17, 15) is 0 Å². The van der Waals surface area contributed by atoms with Crippen molar-refractivity contribution in [1.29, 1.82) is 0 Å². The molecule has 1 fully saturated rings. The van der Waals surface area contributed by atoms with Gasteiger partial charge in [0, 0.05) is 24.9 Å². The third-order valence-corrected chi connectivity index (χ3v) is 4.64. The lowest BCUT2D eigenvalue weighted by Crippen LogP contribution is -2.41. The van der Waals surface area contributed by atoms with E-state index in [-0.39, 0.29) is 6.61 Å². The fourth-order valence-electron chi connectivity index (χ4n) is 3.27. The standard InChI is InChI=1S/C18H30N2O/c1-3-20-11-5-9-17(14-20)15(2)19-18-10-4-7-16(13-18)8-6-12-21/h4,7,10,13,15,17,19,21H,3,5-6,8-9,11-12,14H2,1-2H3. The van der Waals surface area contributed by atoms with Crippen molar-refractivity contribution in [2.24, 2.45) is 5.92 Å². The maximum Gasteiger partial charge on any atom is 0.0434 e. The number of rotatable bonds is 7. The summed E-state index contributed by atoms with van der Waals surface area (Å²) in [5.74, 6) is 0.736. The molecule has 2 N–H and O–H groups in total. The summed E-state index contributed by atoms with van der Waals surface area (Å²) in [7, 11) is 0. The molecule has 0 bridgehead atoms. The zero-order valence-electron chi connectivity index (χ0n) is 13.5. The van der Waals surface area contributed by atoms with Crippen LogP contribution >= 0.6 is 0 Å². The highest BCUT2D eigenvalue weighted by atomic mass is 16.2. The van der Waals surface area contributed by atoms with E-state index in [0.29, 0.717) is 6.04 Å². The van der Waals surface area contributed by atoms with Gasteiger partial charge < -0.3 is 15.3 Å².